The highest BCUT2D eigenvalue weighted by Crippen LogP contribution is 2.27. The molecule has 0 aliphatic carbocycles. The molecule has 2 aromatic rings. The molecule has 2 rings (SSSR count). The van der Waals surface area contributed by atoms with Crippen LogP contribution in [0.5, 0.6) is 0 Å². The van der Waals surface area contributed by atoms with Crippen molar-refractivity contribution in [2.24, 2.45) is 0 Å². The van der Waals surface area contributed by atoms with E-state index in [2.05, 4.69) is 5.32 Å². The lowest BCUT2D eigenvalue weighted by Gasteiger charge is -2.09. The van der Waals surface area contributed by atoms with Crippen molar-refractivity contribution in [3.8, 4) is 11.3 Å². The first-order chi connectivity index (χ1) is 8.65. The smallest absolute Gasteiger partial charge is 0.159 e. The van der Waals surface area contributed by atoms with Crippen LogP contribution in [0.15, 0.2) is 34.7 Å². The minimum absolute atomic E-state index is 0.129. The number of benzene rings is 1. The molecule has 18 heavy (non-hydrogen) atoms. The Balaban J connectivity index is 2.31. The van der Waals surface area contributed by atoms with Crippen LogP contribution in [0.3, 0.4) is 0 Å². The average molecular weight is 251 g/mol. The van der Waals surface area contributed by atoms with Gasteiger partial charge in [0.1, 0.15) is 11.5 Å². The third kappa shape index (κ3) is 2.43. The summed E-state index contributed by atoms with van der Waals surface area (Å²) in [4.78, 5) is 0. The van der Waals surface area contributed by atoms with Crippen molar-refractivity contribution in [3.05, 3.63) is 47.7 Å². The van der Waals surface area contributed by atoms with Gasteiger partial charge < -0.3 is 9.73 Å². The van der Waals surface area contributed by atoms with E-state index < -0.39 is 11.6 Å². The highest BCUT2D eigenvalue weighted by molar-refractivity contribution is 5.57. The van der Waals surface area contributed by atoms with E-state index in [4.69, 9.17) is 4.42 Å². The van der Waals surface area contributed by atoms with Crippen LogP contribution < -0.4 is 5.32 Å². The minimum atomic E-state index is -0.869. The molecule has 0 bridgehead atoms. The summed E-state index contributed by atoms with van der Waals surface area (Å²) >= 11 is 0. The first-order valence-corrected chi connectivity index (χ1v) is 5.88. The molecular weight excluding hydrogens is 236 g/mol. The zero-order valence-electron chi connectivity index (χ0n) is 10.3. The molecule has 0 amide bonds. The molecular formula is C14H15F2NO. The van der Waals surface area contributed by atoms with E-state index in [-0.39, 0.29) is 6.04 Å². The number of nitrogens with one attached hydrogen (secondary N) is 1. The molecule has 1 N–H and O–H groups in total. The Labute approximate surface area is 105 Å². The van der Waals surface area contributed by atoms with Crippen LogP contribution in [0, 0.1) is 11.6 Å². The molecule has 4 heteroatoms. The molecule has 0 saturated carbocycles. The molecule has 0 aliphatic rings. The molecule has 1 aromatic heterocycles. The maximum atomic E-state index is 13.1. The van der Waals surface area contributed by atoms with Crippen molar-refractivity contribution in [2.75, 3.05) is 7.05 Å². The molecule has 0 fully saturated rings. The number of hydrogen-bond donors (Lipinski definition) is 1. The number of halogens is 2. The van der Waals surface area contributed by atoms with Gasteiger partial charge in [-0.3, -0.25) is 0 Å². The van der Waals surface area contributed by atoms with E-state index in [1.54, 1.807) is 6.07 Å². The molecule has 1 unspecified atom stereocenters. The fraction of sp³-hybridized carbons (Fsp3) is 0.286. The minimum Gasteiger partial charge on any atom is -0.459 e. The largest absolute Gasteiger partial charge is 0.459 e. The predicted octanol–water partition coefficient (Wildman–Crippen LogP) is 3.90. The maximum Gasteiger partial charge on any atom is 0.159 e. The number of hydrogen-bond acceptors (Lipinski definition) is 2. The molecule has 2 nitrogen and oxygen atoms in total. The Morgan fingerprint density at radius 1 is 1.17 bits per heavy atom. The van der Waals surface area contributed by atoms with Gasteiger partial charge in [0, 0.05) is 5.56 Å². The Hall–Kier alpha value is -1.68. The summed E-state index contributed by atoms with van der Waals surface area (Å²) in [6.45, 7) is 2.04. The van der Waals surface area contributed by atoms with Gasteiger partial charge in [0.05, 0.1) is 6.04 Å². The number of rotatable bonds is 4. The fourth-order valence-electron chi connectivity index (χ4n) is 1.89. The van der Waals surface area contributed by atoms with Gasteiger partial charge in [-0.05, 0) is 43.8 Å². The Morgan fingerprint density at radius 3 is 2.56 bits per heavy atom. The highest BCUT2D eigenvalue weighted by Gasteiger charge is 2.13. The van der Waals surface area contributed by atoms with Gasteiger partial charge in [-0.25, -0.2) is 8.78 Å². The van der Waals surface area contributed by atoms with E-state index in [0.29, 0.717) is 11.3 Å². The summed E-state index contributed by atoms with van der Waals surface area (Å²) < 4.78 is 31.6. The van der Waals surface area contributed by atoms with Gasteiger partial charge in [0.15, 0.2) is 11.6 Å². The standard InChI is InChI=1S/C14H15F2NO/c1-3-12(17-2)14-7-6-13(18-14)9-4-5-10(15)11(16)8-9/h4-8,12,17H,3H2,1-2H3. The highest BCUT2D eigenvalue weighted by atomic mass is 19.2. The zero-order chi connectivity index (χ0) is 13.1. The summed E-state index contributed by atoms with van der Waals surface area (Å²) in [6, 6.07) is 7.48. The average Bonchev–Trinajstić information content (AvgIpc) is 2.84. The van der Waals surface area contributed by atoms with E-state index in [1.165, 1.54) is 6.07 Å². The van der Waals surface area contributed by atoms with Gasteiger partial charge >= 0.3 is 0 Å². The van der Waals surface area contributed by atoms with Crippen LogP contribution in [0.2, 0.25) is 0 Å². The summed E-state index contributed by atoms with van der Waals surface area (Å²) in [5.74, 6) is -0.393. The molecule has 0 saturated heterocycles. The normalized spacial score (nSPS) is 12.7. The lowest BCUT2D eigenvalue weighted by atomic mass is 10.1. The summed E-state index contributed by atoms with van der Waals surface area (Å²) in [5.41, 5.74) is 0.533. The number of furan rings is 1. The second-order valence-corrected chi connectivity index (χ2v) is 4.08. The topological polar surface area (TPSA) is 25.2 Å². The van der Waals surface area contributed by atoms with Crippen LogP contribution >= 0.6 is 0 Å². The van der Waals surface area contributed by atoms with E-state index in [1.807, 2.05) is 20.0 Å². The summed E-state index contributed by atoms with van der Waals surface area (Å²) in [7, 11) is 1.86. The van der Waals surface area contributed by atoms with Gasteiger partial charge in [-0.2, -0.15) is 0 Å². The lowest BCUT2D eigenvalue weighted by Crippen LogP contribution is -2.14. The molecule has 0 radical (unpaired) electrons. The molecule has 1 atom stereocenters. The molecule has 0 spiro atoms. The molecule has 96 valence electrons. The lowest BCUT2D eigenvalue weighted by molar-refractivity contribution is 0.431. The molecule has 0 aliphatic heterocycles. The summed E-state index contributed by atoms with van der Waals surface area (Å²) in [6.07, 6.45) is 0.890. The van der Waals surface area contributed by atoms with E-state index in [0.717, 1.165) is 24.3 Å². The van der Waals surface area contributed by atoms with Crippen molar-refractivity contribution in [1.82, 2.24) is 5.32 Å². The quantitative estimate of drug-likeness (QED) is 0.891. The van der Waals surface area contributed by atoms with Crippen LogP contribution in [-0.2, 0) is 0 Å². The second-order valence-electron chi connectivity index (χ2n) is 4.08. The van der Waals surface area contributed by atoms with Gasteiger partial charge in [0.25, 0.3) is 0 Å². The Kier molecular flexibility index (Phi) is 3.77. The van der Waals surface area contributed by atoms with Crippen LogP contribution in [0.4, 0.5) is 8.78 Å². The maximum absolute atomic E-state index is 13.1. The zero-order valence-corrected chi connectivity index (χ0v) is 10.3. The summed E-state index contributed by atoms with van der Waals surface area (Å²) in [5, 5.41) is 3.13. The third-order valence-electron chi connectivity index (χ3n) is 2.93. The molecule has 1 aromatic carbocycles. The predicted molar refractivity (Wildman–Crippen MR) is 66.2 cm³/mol. The monoisotopic (exact) mass is 251 g/mol. The van der Waals surface area contributed by atoms with Crippen LogP contribution in [0.1, 0.15) is 25.1 Å². The Bertz CT molecular complexity index is 532. The third-order valence-corrected chi connectivity index (χ3v) is 2.93. The van der Waals surface area contributed by atoms with E-state index >= 15 is 0 Å². The van der Waals surface area contributed by atoms with Gasteiger partial charge in [0.2, 0.25) is 0 Å². The van der Waals surface area contributed by atoms with E-state index in [9.17, 15) is 8.78 Å². The second kappa shape index (κ2) is 5.31. The van der Waals surface area contributed by atoms with Crippen molar-refractivity contribution < 1.29 is 13.2 Å². The fourth-order valence-corrected chi connectivity index (χ4v) is 1.89. The van der Waals surface area contributed by atoms with Crippen molar-refractivity contribution in [2.45, 2.75) is 19.4 Å². The van der Waals surface area contributed by atoms with Crippen molar-refractivity contribution in [1.29, 1.82) is 0 Å². The van der Waals surface area contributed by atoms with Crippen molar-refractivity contribution >= 4 is 0 Å². The first kappa shape index (κ1) is 12.8. The van der Waals surface area contributed by atoms with Gasteiger partial charge in [-0.15, -0.1) is 0 Å². The van der Waals surface area contributed by atoms with Crippen molar-refractivity contribution in [3.63, 3.8) is 0 Å². The van der Waals surface area contributed by atoms with Crippen LogP contribution in [-0.4, -0.2) is 7.05 Å². The van der Waals surface area contributed by atoms with Gasteiger partial charge in [-0.1, -0.05) is 6.92 Å². The van der Waals surface area contributed by atoms with Crippen LogP contribution in [0.25, 0.3) is 11.3 Å². The first-order valence-electron chi connectivity index (χ1n) is 5.88. The SMILES string of the molecule is CCC(NC)c1ccc(-c2ccc(F)c(F)c2)o1. The Morgan fingerprint density at radius 2 is 1.94 bits per heavy atom. The molecule has 1 heterocycles.